The smallest absolute Gasteiger partial charge is 0.211 e. The van der Waals surface area contributed by atoms with Gasteiger partial charge in [0, 0.05) is 12.6 Å². The van der Waals surface area contributed by atoms with Crippen LogP contribution in [0.3, 0.4) is 0 Å². The van der Waals surface area contributed by atoms with Gasteiger partial charge in [0.05, 0.1) is 5.75 Å². The van der Waals surface area contributed by atoms with Gasteiger partial charge in [-0.1, -0.05) is 37.3 Å². The number of fused-ring (bicyclic) bond motifs is 1. The SMILES string of the molecule is CCCS(=O)(=O)NCc1ccc2c(c1)C(Cc1ccc(F)cc1)NCCC2. The maximum atomic E-state index is 13.2. The van der Waals surface area contributed by atoms with Gasteiger partial charge in [-0.05, 0) is 66.6 Å². The Balaban J connectivity index is 1.80. The third-order valence-electron chi connectivity index (χ3n) is 4.92. The first-order valence-corrected chi connectivity index (χ1v) is 11.2. The summed E-state index contributed by atoms with van der Waals surface area (Å²) in [5.41, 5.74) is 4.55. The summed E-state index contributed by atoms with van der Waals surface area (Å²) in [5, 5.41) is 3.59. The second kappa shape index (κ2) is 8.95. The van der Waals surface area contributed by atoms with Gasteiger partial charge in [0.2, 0.25) is 10.0 Å². The molecule has 2 aromatic carbocycles. The molecule has 0 saturated carbocycles. The molecular weight excluding hydrogens is 363 g/mol. The van der Waals surface area contributed by atoms with Crippen molar-refractivity contribution in [3.8, 4) is 0 Å². The van der Waals surface area contributed by atoms with E-state index in [0.717, 1.165) is 36.9 Å². The average Bonchev–Trinajstić information content (AvgIpc) is 2.84. The molecule has 1 unspecified atom stereocenters. The minimum Gasteiger partial charge on any atom is -0.310 e. The van der Waals surface area contributed by atoms with E-state index in [1.54, 1.807) is 0 Å². The lowest BCUT2D eigenvalue weighted by Crippen LogP contribution is -2.26. The van der Waals surface area contributed by atoms with Crippen LogP contribution in [-0.2, 0) is 29.4 Å². The van der Waals surface area contributed by atoms with Gasteiger partial charge >= 0.3 is 0 Å². The number of benzene rings is 2. The van der Waals surface area contributed by atoms with Crippen molar-refractivity contribution in [1.82, 2.24) is 10.0 Å². The molecular formula is C21H27FN2O2S. The molecule has 1 aliphatic heterocycles. The summed E-state index contributed by atoms with van der Waals surface area (Å²) in [4.78, 5) is 0. The topological polar surface area (TPSA) is 58.2 Å². The van der Waals surface area contributed by atoms with Crippen molar-refractivity contribution < 1.29 is 12.8 Å². The van der Waals surface area contributed by atoms with Crippen molar-refractivity contribution in [1.29, 1.82) is 0 Å². The molecule has 4 nitrogen and oxygen atoms in total. The number of rotatable bonds is 7. The van der Waals surface area contributed by atoms with Gasteiger partial charge in [-0.25, -0.2) is 17.5 Å². The van der Waals surface area contributed by atoms with E-state index in [2.05, 4.69) is 22.2 Å². The number of nitrogens with one attached hydrogen (secondary N) is 2. The maximum absolute atomic E-state index is 13.2. The van der Waals surface area contributed by atoms with Crippen LogP contribution in [0.15, 0.2) is 42.5 Å². The van der Waals surface area contributed by atoms with Gasteiger partial charge in [-0.15, -0.1) is 0 Å². The van der Waals surface area contributed by atoms with E-state index < -0.39 is 10.0 Å². The number of sulfonamides is 1. The molecule has 0 fully saturated rings. The number of hydrogen-bond donors (Lipinski definition) is 2. The molecule has 27 heavy (non-hydrogen) atoms. The Labute approximate surface area is 161 Å². The molecule has 0 amide bonds. The highest BCUT2D eigenvalue weighted by Crippen LogP contribution is 2.27. The van der Waals surface area contributed by atoms with Crippen molar-refractivity contribution in [2.45, 2.75) is 45.2 Å². The fraction of sp³-hybridized carbons (Fsp3) is 0.429. The van der Waals surface area contributed by atoms with Crippen LogP contribution in [0.5, 0.6) is 0 Å². The maximum Gasteiger partial charge on any atom is 0.211 e. The lowest BCUT2D eigenvalue weighted by Gasteiger charge is -2.20. The van der Waals surface area contributed by atoms with Crippen molar-refractivity contribution in [3.05, 3.63) is 70.5 Å². The first kappa shape index (κ1) is 20.0. The summed E-state index contributed by atoms with van der Waals surface area (Å²) >= 11 is 0. The molecule has 0 saturated heterocycles. The van der Waals surface area contributed by atoms with Gasteiger partial charge in [0.1, 0.15) is 5.82 Å². The third-order valence-corrected chi connectivity index (χ3v) is 6.45. The van der Waals surface area contributed by atoms with Crippen LogP contribution >= 0.6 is 0 Å². The second-order valence-corrected chi connectivity index (χ2v) is 9.04. The monoisotopic (exact) mass is 390 g/mol. The lowest BCUT2D eigenvalue weighted by molar-refractivity contribution is 0.538. The van der Waals surface area contributed by atoms with Crippen molar-refractivity contribution >= 4 is 10.0 Å². The van der Waals surface area contributed by atoms with Gasteiger partial charge in [-0.3, -0.25) is 0 Å². The van der Waals surface area contributed by atoms with Crippen molar-refractivity contribution in [3.63, 3.8) is 0 Å². The molecule has 0 bridgehead atoms. The predicted octanol–water partition coefficient (Wildman–Crippen LogP) is 3.47. The Hall–Kier alpha value is -1.76. The molecule has 2 aromatic rings. The summed E-state index contributed by atoms with van der Waals surface area (Å²) in [6, 6.07) is 13.0. The summed E-state index contributed by atoms with van der Waals surface area (Å²) in [6.07, 6.45) is 3.45. The van der Waals surface area contributed by atoms with E-state index in [0.29, 0.717) is 13.0 Å². The minimum atomic E-state index is -3.23. The molecule has 1 heterocycles. The van der Waals surface area contributed by atoms with Crippen LogP contribution in [-0.4, -0.2) is 20.7 Å². The second-order valence-electron chi connectivity index (χ2n) is 7.11. The van der Waals surface area contributed by atoms with Crippen LogP contribution in [0, 0.1) is 5.82 Å². The normalized spacial score (nSPS) is 17.3. The van der Waals surface area contributed by atoms with E-state index in [1.807, 2.05) is 25.1 Å². The molecule has 3 rings (SSSR count). The Morgan fingerprint density at radius 1 is 1.15 bits per heavy atom. The zero-order valence-corrected chi connectivity index (χ0v) is 16.5. The van der Waals surface area contributed by atoms with Crippen molar-refractivity contribution in [2.24, 2.45) is 0 Å². The van der Waals surface area contributed by atoms with Gasteiger partial charge in [0.15, 0.2) is 0 Å². The fourth-order valence-electron chi connectivity index (χ4n) is 3.54. The Kier molecular flexibility index (Phi) is 6.63. The predicted molar refractivity (Wildman–Crippen MR) is 107 cm³/mol. The first-order valence-electron chi connectivity index (χ1n) is 9.53. The summed E-state index contributed by atoms with van der Waals surface area (Å²) in [6.45, 7) is 3.09. The van der Waals surface area contributed by atoms with Crippen LogP contribution < -0.4 is 10.0 Å². The molecule has 1 atom stereocenters. The summed E-state index contributed by atoms with van der Waals surface area (Å²) < 4.78 is 39.7. The highest BCUT2D eigenvalue weighted by atomic mass is 32.2. The van der Waals surface area contributed by atoms with E-state index in [9.17, 15) is 12.8 Å². The molecule has 0 aromatic heterocycles. The first-order chi connectivity index (χ1) is 13.0. The Morgan fingerprint density at radius 3 is 2.63 bits per heavy atom. The zero-order chi connectivity index (χ0) is 19.3. The molecule has 0 spiro atoms. The molecule has 0 radical (unpaired) electrons. The van der Waals surface area contributed by atoms with E-state index in [1.165, 1.54) is 23.3 Å². The van der Waals surface area contributed by atoms with Gasteiger partial charge < -0.3 is 5.32 Å². The van der Waals surface area contributed by atoms with Crippen LogP contribution in [0.2, 0.25) is 0 Å². The Morgan fingerprint density at radius 2 is 1.89 bits per heavy atom. The highest BCUT2D eigenvalue weighted by Gasteiger charge is 2.19. The van der Waals surface area contributed by atoms with Gasteiger partial charge in [0.25, 0.3) is 0 Å². The minimum absolute atomic E-state index is 0.139. The quantitative estimate of drug-likeness (QED) is 0.761. The highest BCUT2D eigenvalue weighted by molar-refractivity contribution is 7.89. The fourth-order valence-corrected chi connectivity index (χ4v) is 4.61. The third kappa shape index (κ3) is 5.61. The van der Waals surface area contributed by atoms with Crippen molar-refractivity contribution in [2.75, 3.05) is 12.3 Å². The summed E-state index contributed by atoms with van der Waals surface area (Å²) in [7, 11) is -3.23. The van der Waals surface area contributed by atoms with E-state index in [4.69, 9.17) is 0 Å². The van der Waals surface area contributed by atoms with Crippen LogP contribution in [0.25, 0.3) is 0 Å². The lowest BCUT2D eigenvalue weighted by atomic mass is 9.92. The number of halogens is 1. The zero-order valence-electron chi connectivity index (χ0n) is 15.7. The van der Waals surface area contributed by atoms with Crippen LogP contribution in [0.1, 0.15) is 48.1 Å². The Bertz CT molecular complexity index is 866. The van der Waals surface area contributed by atoms with E-state index in [-0.39, 0.29) is 17.6 Å². The molecule has 6 heteroatoms. The van der Waals surface area contributed by atoms with Crippen LogP contribution in [0.4, 0.5) is 4.39 Å². The van der Waals surface area contributed by atoms with E-state index >= 15 is 0 Å². The average molecular weight is 391 g/mol. The molecule has 1 aliphatic rings. The number of aryl methyl sites for hydroxylation is 1. The molecule has 2 N–H and O–H groups in total. The van der Waals surface area contributed by atoms with Gasteiger partial charge in [-0.2, -0.15) is 0 Å². The molecule has 0 aliphatic carbocycles. The molecule has 146 valence electrons. The standard InChI is InChI=1S/C21H27FN2O2S/c1-2-12-27(25,26)24-15-17-5-8-18-4-3-11-23-21(20(18)13-17)14-16-6-9-19(22)10-7-16/h5-10,13,21,23-24H,2-4,11-12,14-15H2,1H3. The number of hydrogen-bond acceptors (Lipinski definition) is 3. The largest absolute Gasteiger partial charge is 0.310 e. The summed E-state index contributed by atoms with van der Waals surface area (Å²) in [5.74, 6) is -0.0817.